The van der Waals surface area contributed by atoms with Crippen molar-refractivity contribution in [3.05, 3.63) is 23.8 Å². The highest BCUT2D eigenvalue weighted by molar-refractivity contribution is 5.97. The minimum Gasteiger partial charge on any atom is -0.496 e. The summed E-state index contributed by atoms with van der Waals surface area (Å²) in [6, 6.07) is 5.15. The number of methoxy groups -OCH3 is 1. The van der Waals surface area contributed by atoms with Gasteiger partial charge < -0.3 is 20.3 Å². The number of carbonyl (C=O) groups excluding carboxylic acids is 1. The lowest BCUT2D eigenvalue weighted by Gasteiger charge is -2.26. The maximum Gasteiger partial charge on any atom is 0.257 e. The summed E-state index contributed by atoms with van der Waals surface area (Å²) < 4.78 is 5.29. The Labute approximate surface area is 127 Å². The fourth-order valence-electron chi connectivity index (χ4n) is 2.09. The molecule has 1 amide bonds. The summed E-state index contributed by atoms with van der Waals surface area (Å²) in [5, 5.41) is 0. The van der Waals surface area contributed by atoms with Crippen molar-refractivity contribution >= 4 is 11.6 Å². The van der Waals surface area contributed by atoms with Crippen molar-refractivity contribution in [3.63, 3.8) is 0 Å². The molecule has 21 heavy (non-hydrogen) atoms. The Morgan fingerprint density at radius 3 is 2.48 bits per heavy atom. The first-order valence-corrected chi connectivity index (χ1v) is 7.22. The Kier molecular flexibility index (Phi) is 6.49. The van der Waals surface area contributed by atoms with Crippen LogP contribution in [0.2, 0.25) is 0 Å². The van der Waals surface area contributed by atoms with Crippen LogP contribution in [0.4, 0.5) is 5.69 Å². The number of nitrogens with two attached hydrogens (primary N) is 1. The highest BCUT2D eigenvalue weighted by Crippen LogP contribution is 2.23. The second kappa shape index (κ2) is 7.88. The third kappa shape index (κ3) is 5.27. The predicted molar refractivity (Wildman–Crippen MR) is 86.7 cm³/mol. The topological polar surface area (TPSA) is 58.8 Å². The Morgan fingerprint density at radius 2 is 1.95 bits per heavy atom. The molecule has 5 heteroatoms. The van der Waals surface area contributed by atoms with Crippen LogP contribution in [0.3, 0.4) is 0 Å². The van der Waals surface area contributed by atoms with E-state index in [-0.39, 0.29) is 5.91 Å². The lowest BCUT2D eigenvalue weighted by Crippen LogP contribution is -2.39. The van der Waals surface area contributed by atoms with Gasteiger partial charge in [0, 0.05) is 31.4 Å². The smallest absolute Gasteiger partial charge is 0.257 e. The van der Waals surface area contributed by atoms with E-state index in [0.717, 1.165) is 13.1 Å². The third-order valence-corrected chi connectivity index (χ3v) is 3.15. The number of amides is 1. The van der Waals surface area contributed by atoms with Crippen LogP contribution in [-0.2, 0) is 0 Å². The number of ether oxygens (including phenoxy) is 1. The summed E-state index contributed by atoms with van der Waals surface area (Å²) in [6.07, 6.45) is 0. The van der Waals surface area contributed by atoms with Gasteiger partial charge in [-0.15, -0.1) is 0 Å². The summed E-state index contributed by atoms with van der Waals surface area (Å²) in [4.78, 5) is 16.7. The normalized spacial score (nSPS) is 11.0. The standard InChI is InChI=1S/C16H27N3O2/c1-12(2)11-19(9-8-18(3)4)16(20)14-7-6-13(17)10-15(14)21-5/h6-7,10,12H,8-9,11,17H2,1-5H3. The van der Waals surface area contributed by atoms with Crippen LogP contribution in [0.1, 0.15) is 24.2 Å². The zero-order valence-electron chi connectivity index (χ0n) is 13.7. The molecule has 1 aromatic carbocycles. The van der Waals surface area contributed by atoms with Crippen LogP contribution in [-0.4, -0.2) is 56.5 Å². The van der Waals surface area contributed by atoms with Crippen molar-refractivity contribution in [2.24, 2.45) is 5.92 Å². The molecule has 5 nitrogen and oxygen atoms in total. The number of benzene rings is 1. The van der Waals surface area contributed by atoms with Gasteiger partial charge in [0.1, 0.15) is 5.75 Å². The number of rotatable bonds is 7. The van der Waals surface area contributed by atoms with Crippen molar-refractivity contribution in [2.45, 2.75) is 13.8 Å². The third-order valence-electron chi connectivity index (χ3n) is 3.15. The van der Waals surface area contributed by atoms with Gasteiger partial charge in [-0.05, 0) is 32.1 Å². The number of carbonyl (C=O) groups is 1. The molecule has 0 aromatic heterocycles. The SMILES string of the molecule is COc1cc(N)ccc1C(=O)N(CCN(C)C)CC(C)C. The van der Waals surface area contributed by atoms with Gasteiger partial charge in [0.05, 0.1) is 12.7 Å². The van der Waals surface area contributed by atoms with Crippen LogP contribution >= 0.6 is 0 Å². The molecule has 1 aromatic rings. The second-order valence-electron chi connectivity index (χ2n) is 5.91. The Balaban J connectivity index is 2.98. The molecule has 118 valence electrons. The minimum atomic E-state index is -0.0117. The monoisotopic (exact) mass is 293 g/mol. The first kappa shape index (κ1) is 17.3. The first-order chi connectivity index (χ1) is 9.85. The molecular weight excluding hydrogens is 266 g/mol. The summed E-state index contributed by atoms with van der Waals surface area (Å²) >= 11 is 0. The molecule has 0 fully saturated rings. The molecule has 0 heterocycles. The number of hydrogen-bond donors (Lipinski definition) is 1. The van der Waals surface area contributed by atoms with Crippen molar-refractivity contribution < 1.29 is 9.53 Å². The molecular formula is C16H27N3O2. The molecule has 0 aliphatic heterocycles. The maximum atomic E-state index is 12.8. The predicted octanol–water partition coefficient (Wildman–Crippen LogP) is 1.94. The molecule has 0 atom stereocenters. The molecule has 0 aliphatic rings. The quantitative estimate of drug-likeness (QED) is 0.781. The molecule has 0 spiro atoms. The van der Waals surface area contributed by atoms with Crippen molar-refractivity contribution in [1.29, 1.82) is 0 Å². The van der Waals surface area contributed by atoms with E-state index in [1.54, 1.807) is 25.3 Å². The van der Waals surface area contributed by atoms with E-state index in [4.69, 9.17) is 10.5 Å². The van der Waals surface area contributed by atoms with E-state index in [9.17, 15) is 4.79 Å². The highest BCUT2D eigenvalue weighted by atomic mass is 16.5. The molecule has 0 unspecified atom stereocenters. The van der Waals surface area contributed by atoms with Gasteiger partial charge in [-0.1, -0.05) is 13.8 Å². The average molecular weight is 293 g/mol. The van der Waals surface area contributed by atoms with Gasteiger partial charge in [0.15, 0.2) is 0 Å². The highest BCUT2D eigenvalue weighted by Gasteiger charge is 2.20. The molecule has 0 aliphatic carbocycles. The summed E-state index contributed by atoms with van der Waals surface area (Å²) in [5.41, 5.74) is 6.90. The van der Waals surface area contributed by atoms with Gasteiger partial charge in [-0.3, -0.25) is 4.79 Å². The number of anilines is 1. The maximum absolute atomic E-state index is 12.8. The van der Waals surface area contributed by atoms with Crippen LogP contribution in [0.25, 0.3) is 0 Å². The van der Waals surface area contributed by atoms with Crippen LogP contribution in [0, 0.1) is 5.92 Å². The lowest BCUT2D eigenvalue weighted by atomic mass is 10.1. The Bertz CT molecular complexity index is 473. The van der Waals surface area contributed by atoms with Gasteiger partial charge in [0.25, 0.3) is 5.91 Å². The Morgan fingerprint density at radius 1 is 1.29 bits per heavy atom. The summed E-state index contributed by atoms with van der Waals surface area (Å²) in [5.74, 6) is 0.928. The van der Waals surface area contributed by atoms with Crippen LogP contribution < -0.4 is 10.5 Å². The average Bonchev–Trinajstić information content (AvgIpc) is 2.42. The van der Waals surface area contributed by atoms with Gasteiger partial charge in [0.2, 0.25) is 0 Å². The number of likely N-dealkylation sites (N-methyl/N-ethyl adjacent to an activating group) is 1. The number of nitrogens with zero attached hydrogens (tertiary/aromatic N) is 2. The van der Waals surface area contributed by atoms with Gasteiger partial charge in [-0.2, -0.15) is 0 Å². The number of nitrogen functional groups attached to an aromatic ring is 1. The molecule has 0 saturated carbocycles. The Hall–Kier alpha value is -1.75. The number of hydrogen-bond acceptors (Lipinski definition) is 4. The molecule has 0 bridgehead atoms. The van der Waals surface area contributed by atoms with E-state index in [2.05, 4.69) is 18.7 Å². The minimum absolute atomic E-state index is 0.0117. The van der Waals surface area contributed by atoms with E-state index >= 15 is 0 Å². The van der Waals surface area contributed by atoms with Gasteiger partial charge >= 0.3 is 0 Å². The zero-order valence-corrected chi connectivity index (χ0v) is 13.7. The molecule has 0 saturated heterocycles. The largest absolute Gasteiger partial charge is 0.496 e. The summed E-state index contributed by atoms with van der Waals surface area (Å²) in [6.45, 7) is 6.46. The van der Waals surface area contributed by atoms with Crippen molar-refractivity contribution in [1.82, 2.24) is 9.80 Å². The summed E-state index contributed by atoms with van der Waals surface area (Å²) in [7, 11) is 5.56. The van der Waals surface area contributed by atoms with E-state index < -0.39 is 0 Å². The first-order valence-electron chi connectivity index (χ1n) is 7.22. The fraction of sp³-hybridized carbons (Fsp3) is 0.562. The lowest BCUT2D eigenvalue weighted by molar-refractivity contribution is 0.0721. The fourth-order valence-corrected chi connectivity index (χ4v) is 2.09. The second-order valence-corrected chi connectivity index (χ2v) is 5.91. The molecule has 2 N–H and O–H groups in total. The van der Waals surface area contributed by atoms with Crippen LogP contribution in [0.5, 0.6) is 5.75 Å². The van der Waals surface area contributed by atoms with E-state index in [0.29, 0.717) is 29.5 Å². The molecule has 0 radical (unpaired) electrons. The van der Waals surface area contributed by atoms with Gasteiger partial charge in [-0.25, -0.2) is 0 Å². The molecule has 1 rings (SSSR count). The van der Waals surface area contributed by atoms with Crippen molar-refractivity contribution in [3.8, 4) is 5.75 Å². The van der Waals surface area contributed by atoms with Crippen LogP contribution in [0.15, 0.2) is 18.2 Å². The van der Waals surface area contributed by atoms with E-state index in [1.165, 1.54) is 0 Å². The van der Waals surface area contributed by atoms with Crippen molar-refractivity contribution in [2.75, 3.05) is 46.6 Å². The van der Waals surface area contributed by atoms with E-state index in [1.807, 2.05) is 19.0 Å². The zero-order chi connectivity index (χ0) is 16.0.